The van der Waals surface area contributed by atoms with Gasteiger partial charge in [-0.1, -0.05) is 60.7 Å². The summed E-state index contributed by atoms with van der Waals surface area (Å²) in [6.45, 7) is 8.13. The van der Waals surface area contributed by atoms with E-state index in [1.54, 1.807) is 0 Å². The van der Waals surface area contributed by atoms with Gasteiger partial charge in [-0.2, -0.15) is 0 Å². The number of hydrogen-bond donors (Lipinski definition) is 2. The van der Waals surface area contributed by atoms with Crippen LogP contribution in [-0.4, -0.2) is 67.6 Å². The second kappa shape index (κ2) is 14.9. The average Bonchev–Trinajstić information content (AvgIpc) is 3.59. The Hall–Kier alpha value is -4.62. The van der Waals surface area contributed by atoms with Gasteiger partial charge in [-0.15, -0.1) is 0 Å². The topological polar surface area (TPSA) is 76.1 Å². The van der Waals surface area contributed by atoms with Crippen molar-refractivity contribution in [1.29, 1.82) is 0 Å². The third kappa shape index (κ3) is 7.15. The summed E-state index contributed by atoms with van der Waals surface area (Å²) in [5.74, 6) is 1.29. The number of nitrogens with zero attached hydrogens (tertiary/aromatic N) is 3. The van der Waals surface area contributed by atoms with Crippen molar-refractivity contribution in [2.45, 2.75) is 75.5 Å². The minimum Gasteiger partial charge on any atom is -0.508 e. The van der Waals surface area contributed by atoms with Crippen LogP contribution >= 0.6 is 0 Å². The van der Waals surface area contributed by atoms with E-state index in [-0.39, 0.29) is 23.7 Å². The molecule has 4 aromatic carbocycles. The molecule has 4 aromatic rings. The van der Waals surface area contributed by atoms with Gasteiger partial charge in [0, 0.05) is 63.0 Å². The number of amides is 2. The van der Waals surface area contributed by atoms with Crippen molar-refractivity contribution in [2.24, 2.45) is 11.3 Å². The molecule has 0 bridgehead atoms. The number of benzene rings is 4. The van der Waals surface area contributed by atoms with Crippen LogP contribution in [0.15, 0.2) is 97.1 Å². The highest BCUT2D eigenvalue weighted by Gasteiger charge is 2.41. The largest absolute Gasteiger partial charge is 0.508 e. The number of aromatic hydroxyl groups is 1. The van der Waals surface area contributed by atoms with Crippen molar-refractivity contribution in [2.75, 3.05) is 55.6 Å². The maximum absolute atomic E-state index is 12.3. The number of rotatable bonds is 7. The number of likely N-dealkylation sites (tertiary alicyclic amines) is 1. The first kappa shape index (κ1) is 35.1. The molecule has 7 heteroatoms. The third-order valence-electron chi connectivity index (χ3n) is 13.8. The summed E-state index contributed by atoms with van der Waals surface area (Å²) in [6, 6.07) is 34.9. The van der Waals surface area contributed by atoms with E-state index >= 15 is 0 Å². The number of phenols is 1. The number of carbonyl (C=O) groups is 2. The highest BCUT2D eigenvalue weighted by Crippen LogP contribution is 2.47. The number of hydrogen-bond acceptors (Lipinski definition) is 6. The minimum absolute atomic E-state index is 0.160. The molecule has 4 fully saturated rings. The molecule has 3 atom stereocenters. The molecule has 1 aliphatic carbocycles. The van der Waals surface area contributed by atoms with E-state index in [1.807, 2.05) is 12.1 Å². The molecule has 0 unspecified atom stereocenters. The van der Waals surface area contributed by atoms with Crippen molar-refractivity contribution in [3.05, 3.63) is 125 Å². The maximum atomic E-state index is 12.3. The van der Waals surface area contributed by atoms with E-state index in [2.05, 4.69) is 105 Å². The van der Waals surface area contributed by atoms with Gasteiger partial charge in [0.05, 0.1) is 5.92 Å². The first-order valence-electron chi connectivity index (χ1n) is 20.5. The molecule has 0 radical (unpaired) electrons. The minimum atomic E-state index is -0.221. The normalized spacial score (nSPS) is 24.8. The lowest BCUT2D eigenvalue weighted by Crippen LogP contribution is -2.43. The molecule has 54 heavy (non-hydrogen) atoms. The molecule has 0 saturated carbocycles. The summed E-state index contributed by atoms with van der Waals surface area (Å²) in [4.78, 5) is 31.8. The molecule has 0 aromatic heterocycles. The van der Waals surface area contributed by atoms with E-state index in [9.17, 15) is 14.7 Å². The lowest BCUT2D eigenvalue weighted by molar-refractivity contribution is -0.134. The molecule has 4 saturated heterocycles. The highest BCUT2D eigenvalue weighted by atomic mass is 16.3. The Morgan fingerprint density at radius 2 is 1.33 bits per heavy atom. The zero-order valence-electron chi connectivity index (χ0n) is 31.5. The van der Waals surface area contributed by atoms with Gasteiger partial charge < -0.3 is 19.8 Å². The van der Waals surface area contributed by atoms with E-state index in [0.717, 1.165) is 50.5 Å². The first-order chi connectivity index (χ1) is 26.4. The Bertz CT molecular complexity index is 1950. The lowest BCUT2D eigenvalue weighted by atomic mass is 9.69. The van der Waals surface area contributed by atoms with Crippen LogP contribution in [0.1, 0.15) is 96.9 Å². The number of anilines is 2. The zero-order valence-corrected chi connectivity index (χ0v) is 31.5. The Morgan fingerprint density at radius 3 is 2.04 bits per heavy atom. The Labute approximate surface area is 320 Å². The fourth-order valence-electron chi connectivity index (χ4n) is 10.7. The van der Waals surface area contributed by atoms with Gasteiger partial charge in [0.25, 0.3) is 0 Å². The molecule has 4 aliphatic heterocycles. The van der Waals surface area contributed by atoms with Gasteiger partial charge in [0.15, 0.2) is 0 Å². The van der Waals surface area contributed by atoms with Crippen LogP contribution in [0.2, 0.25) is 0 Å². The lowest BCUT2D eigenvalue weighted by Gasteiger charge is -2.41. The number of nitrogens with one attached hydrogen (secondary N) is 1. The van der Waals surface area contributed by atoms with Gasteiger partial charge in [-0.25, -0.2) is 0 Å². The predicted octanol–water partition coefficient (Wildman–Crippen LogP) is 7.98. The van der Waals surface area contributed by atoms with Crippen LogP contribution in [0.25, 0.3) is 0 Å². The van der Waals surface area contributed by atoms with Gasteiger partial charge in [0.2, 0.25) is 11.8 Å². The number of fused-ring (bicyclic) bond motifs is 1. The van der Waals surface area contributed by atoms with Crippen molar-refractivity contribution < 1.29 is 14.7 Å². The van der Waals surface area contributed by atoms with E-state index < -0.39 is 0 Å². The third-order valence-corrected chi connectivity index (χ3v) is 13.8. The van der Waals surface area contributed by atoms with Crippen molar-refractivity contribution in [3.8, 4) is 5.75 Å². The Kier molecular flexibility index (Phi) is 9.69. The summed E-state index contributed by atoms with van der Waals surface area (Å²) in [7, 11) is 0. The van der Waals surface area contributed by atoms with E-state index in [4.69, 9.17) is 0 Å². The van der Waals surface area contributed by atoms with Crippen LogP contribution in [0.4, 0.5) is 11.4 Å². The number of aryl methyl sites for hydroxylation is 1. The molecule has 2 amide bonds. The van der Waals surface area contributed by atoms with Gasteiger partial charge >= 0.3 is 0 Å². The smallest absolute Gasteiger partial charge is 0.234 e. The molecular formula is C47H54N4O3. The Morgan fingerprint density at radius 1 is 0.667 bits per heavy atom. The van der Waals surface area contributed by atoms with Gasteiger partial charge in [0.1, 0.15) is 5.75 Å². The number of phenolic OH excluding ortho intramolecular Hbond substituents is 1. The first-order valence-corrected chi connectivity index (χ1v) is 20.5. The fraction of sp³-hybridized carbons (Fsp3) is 0.447. The average molecular weight is 723 g/mol. The van der Waals surface area contributed by atoms with Crippen LogP contribution in [0.3, 0.4) is 0 Å². The monoisotopic (exact) mass is 722 g/mol. The number of imide groups is 1. The van der Waals surface area contributed by atoms with Crippen LogP contribution in [0.5, 0.6) is 5.75 Å². The molecular weight excluding hydrogens is 669 g/mol. The summed E-state index contributed by atoms with van der Waals surface area (Å²) >= 11 is 0. The summed E-state index contributed by atoms with van der Waals surface area (Å²) in [5.41, 5.74) is 9.45. The quantitative estimate of drug-likeness (QED) is 0.189. The number of carbonyl (C=O) groups excluding carboxylic acids is 2. The summed E-state index contributed by atoms with van der Waals surface area (Å²) < 4.78 is 0. The van der Waals surface area contributed by atoms with Crippen LogP contribution in [0, 0.1) is 11.3 Å². The standard InChI is InChI=1S/C47H54N4O3/c52-40-15-17-42-37(30-40)10-16-41(34-4-2-1-3-5-34)45(42)36-8-13-38(14-9-36)50-25-20-33(21-26-50)31-49-27-22-47(32-49)23-28-51(29-24-47)39-11-6-35(7-12-39)43-18-19-44(53)48-46(43)54/h1-9,11-15,17,30,33,41,43,45,52H,10,16,18-29,31-32H2,(H,48,53,54)/t41-,43-,45+/m1/s1. The maximum Gasteiger partial charge on any atom is 0.234 e. The molecule has 9 rings (SSSR count). The van der Waals surface area contributed by atoms with Crippen molar-refractivity contribution in [3.63, 3.8) is 0 Å². The van der Waals surface area contributed by atoms with Gasteiger partial charge in [-0.3, -0.25) is 14.9 Å². The highest BCUT2D eigenvalue weighted by molar-refractivity contribution is 6.00. The molecule has 2 N–H and O–H groups in total. The van der Waals surface area contributed by atoms with Gasteiger partial charge in [-0.05, 0) is 139 Å². The molecule has 1 spiro atoms. The predicted molar refractivity (Wildman–Crippen MR) is 215 cm³/mol. The van der Waals surface area contributed by atoms with E-state index in [1.165, 1.54) is 85.4 Å². The Balaban J connectivity index is 0.768. The second-order valence-corrected chi connectivity index (χ2v) is 17.0. The van der Waals surface area contributed by atoms with Crippen LogP contribution in [-0.2, 0) is 16.0 Å². The van der Waals surface area contributed by atoms with Crippen LogP contribution < -0.4 is 15.1 Å². The zero-order chi connectivity index (χ0) is 36.6. The summed E-state index contributed by atoms with van der Waals surface area (Å²) in [5, 5.41) is 12.7. The molecule has 7 nitrogen and oxygen atoms in total. The van der Waals surface area contributed by atoms with Crippen molar-refractivity contribution in [1.82, 2.24) is 10.2 Å². The fourth-order valence-corrected chi connectivity index (χ4v) is 10.7. The van der Waals surface area contributed by atoms with Crippen molar-refractivity contribution >= 4 is 23.2 Å². The molecule has 4 heterocycles. The SMILES string of the molecule is O=C1CC[C@H](c2ccc(N3CCC4(CCN(CC5CCN(c6ccc([C@@H]7c8ccc(O)cc8CC[C@@H]7c7ccccc7)cc6)CC5)C4)CC3)cc2)C(=O)N1. The van der Waals surface area contributed by atoms with E-state index in [0.29, 0.717) is 29.9 Å². The molecule has 280 valence electrons. The number of piperidine rings is 3. The molecule has 5 aliphatic rings. The summed E-state index contributed by atoms with van der Waals surface area (Å²) in [6.07, 6.45) is 9.41. The second-order valence-electron chi connectivity index (χ2n) is 17.0.